The maximum Gasteiger partial charge on any atom is 0.356 e. The Morgan fingerprint density at radius 2 is 0.821 bits per heavy atom. The Labute approximate surface area is 334 Å². The van der Waals surface area contributed by atoms with E-state index in [2.05, 4.69) is 30.6 Å². The van der Waals surface area contributed by atoms with Crippen LogP contribution in [-0.4, -0.2) is 56.5 Å². The van der Waals surface area contributed by atoms with Crippen LogP contribution in [0.2, 0.25) is 10.0 Å². The molecule has 4 aromatic rings. The fourth-order valence-electron chi connectivity index (χ4n) is 4.04. The molecule has 0 saturated heterocycles. The molecule has 22 heteroatoms. The maximum absolute atomic E-state index is 10.6. The van der Waals surface area contributed by atoms with Gasteiger partial charge in [0.15, 0.2) is 0 Å². The molecule has 0 saturated carbocycles. The van der Waals surface area contributed by atoms with Crippen molar-refractivity contribution in [3.63, 3.8) is 0 Å². The minimum absolute atomic E-state index is 0.00769. The number of hydrogen-bond donors (Lipinski definition) is 12. The predicted octanol–water partition coefficient (Wildman–Crippen LogP) is 3.48. The largest absolute Gasteiger partial charge is 0.399 e. The van der Waals surface area contributed by atoms with E-state index < -0.39 is 15.2 Å². The lowest BCUT2D eigenvalue weighted by atomic mass is 10.2. The summed E-state index contributed by atoms with van der Waals surface area (Å²) in [5.74, 6) is 0.564. The van der Waals surface area contributed by atoms with Crippen molar-refractivity contribution in [2.24, 2.45) is 42.9 Å². The van der Waals surface area contributed by atoms with Crippen molar-refractivity contribution in [2.45, 2.75) is 25.7 Å². The number of nitrogens with zero attached hydrogens (tertiary/aromatic N) is 4. The molecule has 0 aromatic heterocycles. The van der Waals surface area contributed by atoms with E-state index in [9.17, 15) is 9.13 Å². The zero-order chi connectivity index (χ0) is 41.7. The monoisotopic (exact) mass is 850 g/mol. The van der Waals surface area contributed by atoms with E-state index in [0.717, 1.165) is 37.1 Å². The Balaban J connectivity index is 0.000000395. The van der Waals surface area contributed by atoms with E-state index in [1.165, 1.54) is 48.5 Å². The molecule has 56 heavy (non-hydrogen) atoms. The van der Waals surface area contributed by atoms with Crippen LogP contribution >= 0.6 is 38.4 Å². The lowest BCUT2D eigenvalue weighted by molar-refractivity contribution is 0.385. The van der Waals surface area contributed by atoms with E-state index in [1.807, 2.05) is 0 Å². The SMILES string of the molecule is NC(=NCCCCCCN=C(N)/N=C(\N)Nc1ccc(Cl)cc1)/N=C(/N)Nc1ccc(Cl)cc1.Nc1ccc(P(=O)(O)O)cc1.Nc1ccc(P(=O)(O)O)cc1. The predicted molar refractivity (Wildman–Crippen MR) is 230 cm³/mol. The third kappa shape index (κ3) is 20.5. The zero-order valence-corrected chi connectivity index (χ0v) is 33.3. The molecule has 0 radical (unpaired) electrons. The standard InChI is InChI=1S/C22H30Cl2N10.2C6H8NO3P/c23-15-5-9-17(10-6-15)31-21(27)33-19(25)29-13-3-1-2-4-14-30-20(26)34-22(28)32-18-11-7-16(24)8-12-18;2*7-5-1-3-6(4-2-5)11(8,9)10/h5-12H,1-4,13-14H2,(H5,25,27,29,31,33)(H5,26,28,30,32,34);2*1-4H,7H2,(H2,8,9,10). The average molecular weight is 852 g/mol. The molecule has 302 valence electrons. The summed E-state index contributed by atoms with van der Waals surface area (Å²) in [5.41, 5.74) is 36.4. The van der Waals surface area contributed by atoms with Crippen LogP contribution in [0, 0.1) is 0 Å². The molecule has 0 heterocycles. The Hall–Kier alpha value is -5.16. The van der Waals surface area contributed by atoms with Gasteiger partial charge in [-0.05, 0) is 110 Å². The van der Waals surface area contributed by atoms with Crippen LogP contribution in [0.3, 0.4) is 0 Å². The van der Waals surface area contributed by atoms with Crippen LogP contribution in [0.4, 0.5) is 22.7 Å². The summed E-state index contributed by atoms with van der Waals surface area (Å²) < 4.78 is 21.2. The lowest BCUT2D eigenvalue weighted by Gasteiger charge is -2.05. The van der Waals surface area contributed by atoms with E-state index in [4.69, 9.17) is 77.2 Å². The van der Waals surface area contributed by atoms with Gasteiger partial charge in [-0.1, -0.05) is 36.0 Å². The van der Waals surface area contributed by atoms with Gasteiger partial charge in [0, 0.05) is 45.9 Å². The number of unbranched alkanes of at least 4 members (excludes halogenated alkanes) is 3. The molecule has 18 nitrogen and oxygen atoms in total. The fraction of sp³-hybridized carbons (Fsp3) is 0.176. The van der Waals surface area contributed by atoms with Gasteiger partial charge in [-0.15, -0.1) is 0 Å². The number of benzene rings is 4. The summed E-state index contributed by atoms with van der Waals surface area (Å²) in [5, 5.41) is 7.10. The normalized spacial score (nSPS) is 12.5. The maximum atomic E-state index is 10.6. The molecular formula is C34H46Cl2N12O6P2. The van der Waals surface area contributed by atoms with E-state index in [0.29, 0.717) is 34.5 Å². The number of halogens is 2. The first-order valence-corrected chi connectivity index (χ1v) is 20.5. The van der Waals surface area contributed by atoms with Crippen molar-refractivity contribution in [3.8, 4) is 0 Å². The highest BCUT2D eigenvalue weighted by atomic mass is 35.5. The van der Waals surface area contributed by atoms with Crippen LogP contribution in [0.25, 0.3) is 0 Å². The van der Waals surface area contributed by atoms with Crippen LogP contribution < -0.4 is 55.6 Å². The Morgan fingerprint density at radius 1 is 0.518 bits per heavy atom. The molecule has 0 bridgehead atoms. The zero-order valence-electron chi connectivity index (χ0n) is 30.0. The fourth-order valence-corrected chi connectivity index (χ4v) is 5.36. The highest BCUT2D eigenvalue weighted by Crippen LogP contribution is 2.33. The van der Waals surface area contributed by atoms with Crippen molar-refractivity contribution in [1.82, 2.24) is 0 Å². The number of guanidine groups is 4. The molecule has 0 aliphatic carbocycles. The molecule has 0 fully saturated rings. The number of nitrogens with one attached hydrogen (secondary N) is 2. The molecule has 0 aliphatic heterocycles. The third-order valence-electron chi connectivity index (χ3n) is 6.78. The Morgan fingerprint density at radius 3 is 1.11 bits per heavy atom. The van der Waals surface area contributed by atoms with E-state index in [-0.39, 0.29) is 34.4 Å². The van der Waals surface area contributed by atoms with Crippen molar-refractivity contribution in [1.29, 1.82) is 0 Å². The lowest BCUT2D eigenvalue weighted by Crippen LogP contribution is -2.26. The molecule has 4 rings (SSSR count). The van der Waals surface area contributed by atoms with Crippen LogP contribution in [-0.2, 0) is 9.13 Å². The number of hydrogen-bond acceptors (Lipinski definition) is 6. The summed E-state index contributed by atoms with van der Waals surface area (Å²) in [6.07, 6.45) is 3.68. The topological polar surface area (TPSA) is 345 Å². The van der Waals surface area contributed by atoms with Gasteiger partial charge < -0.3 is 64.6 Å². The summed E-state index contributed by atoms with van der Waals surface area (Å²) in [6.45, 7) is 1.12. The highest BCUT2D eigenvalue weighted by Gasteiger charge is 2.16. The van der Waals surface area contributed by atoms with E-state index >= 15 is 0 Å². The van der Waals surface area contributed by atoms with Gasteiger partial charge in [-0.25, -0.2) is 0 Å². The summed E-state index contributed by atoms with van der Waals surface area (Å²) in [6, 6.07) is 25.2. The second-order valence-corrected chi connectivity index (χ2v) is 15.5. The van der Waals surface area contributed by atoms with Gasteiger partial charge in [0.25, 0.3) is 0 Å². The number of rotatable bonds is 11. The molecule has 0 unspecified atom stereocenters. The number of nitrogen functional groups attached to an aromatic ring is 2. The first-order valence-electron chi connectivity index (χ1n) is 16.5. The highest BCUT2D eigenvalue weighted by molar-refractivity contribution is 7.60. The number of nitrogens with two attached hydrogens (primary N) is 6. The van der Waals surface area contributed by atoms with Crippen molar-refractivity contribution in [2.75, 3.05) is 35.2 Å². The van der Waals surface area contributed by atoms with Crippen molar-refractivity contribution in [3.05, 3.63) is 107 Å². The van der Waals surface area contributed by atoms with Gasteiger partial charge in [0.05, 0.1) is 10.6 Å². The molecule has 0 amide bonds. The average Bonchev–Trinajstić information content (AvgIpc) is 3.11. The minimum atomic E-state index is -4.09. The second-order valence-electron chi connectivity index (χ2n) is 11.4. The first kappa shape index (κ1) is 47.0. The second kappa shape index (κ2) is 23.7. The van der Waals surface area contributed by atoms with Crippen molar-refractivity contribution < 1.29 is 28.7 Å². The van der Waals surface area contributed by atoms with Crippen LogP contribution in [0.1, 0.15) is 25.7 Å². The molecule has 4 aromatic carbocycles. The van der Waals surface area contributed by atoms with Gasteiger partial charge in [0.2, 0.25) is 23.8 Å². The Kier molecular flexibility index (Phi) is 19.9. The first-order chi connectivity index (χ1) is 26.3. The van der Waals surface area contributed by atoms with Gasteiger partial charge in [-0.2, -0.15) is 9.98 Å². The van der Waals surface area contributed by atoms with Gasteiger partial charge in [0.1, 0.15) is 0 Å². The van der Waals surface area contributed by atoms with Crippen molar-refractivity contribution >= 4 is 95.6 Å². The molecule has 0 aliphatic rings. The third-order valence-corrected chi connectivity index (χ3v) is 9.22. The number of anilines is 4. The summed E-state index contributed by atoms with van der Waals surface area (Å²) in [7, 11) is -8.19. The smallest absolute Gasteiger partial charge is 0.356 e. The van der Waals surface area contributed by atoms with Gasteiger partial charge >= 0.3 is 15.2 Å². The molecule has 0 spiro atoms. The Bertz CT molecular complexity index is 1880. The quantitative estimate of drug-likeness (QED) is 0.0338. The van der Waals surface area contributed by atoms with Crippen LogP contribution in [0.15, 0.2) is 117 Å². The summed E-state index contributed by atoms with van der Waals surface area (Å²) >= 11 is 11.7. The summed E-state index contributed by atoms with van der Waals surface area (Å²) in [4.78, 5) is 51.1. The van der Waals surface area contributed by atoms with Gasteiger partial charge in [-0.3, -0.25) is 19.1 Å². The number of aliphatic imine (C=N–C) groups is 4. The minimum Gasteiger partial charge on any atom is -0.399 e. The van der Waals surface area contributed by atoms with Crippen LogP contribution in [0.5, 0.6) is 0 Å². The molecule has 18 N–H and O–H groups in total. The van der Waals surface area contributed by atoms with E-state index in [1.54, 1.807) is 48.5 Å². The molecule has 0 atom stereocenters. The molecular weight excluding hydrogens is 805 g/mol.